The predicted molar refractivity (Wildman–Crippen MR) is 135 cm³/mol. The summed E-state index contributed by atoms with van der Waals surface area (Å²) in [4.78, 5) is 27.3. The summed E-state index contributed by atoms with van der Waals surface area (Å²) in [5.41, 5.74) is 2.71. The molecule has 33 heavy (non-hydrogen) atoms. The maximum absolute atomic E-state index is 14.4. The maximum atomic E-state index is 14.4. The summed E-state index contributed by atoms with van der Waals surface area (Å²) >= 11 is 2.47. The van der Waals surface area contributed by atoms with Gasteiger partial charge < -0.3 is 5.32 Å². The van der Waals surface area contributed by atoms with Gasteiger partial charge in [0, 0.05) is 39.5 Å². The molecule has 0 aliphatic heterocycles. The fourth-order valence-corrected chi connectivity index (χ4v) is 4.94. The Kier molecular flexibility index (Phi) is 5.57. The fourth-order valence-electron chi connectivity index (χ4n) is 3.86. The van der Waals surface area contributed by atoms with Crippen molar-refractivity contribution in [1.29, 1.82) is 0 Å². The molecular formula is C23H16F2IN5OS. The van der Waals surface area contributed by atoms with Crippen molar-refractivity contribution in [2.24, 2.45) is 0 Å². The minimum absolute atomic E-state index is 0.000584. The molecule has 0 bridgehead atoms. The minimum atomic E-state index is -3.19. The quantitative estimate of drug-likeness (QED) is 0.204. The number of thiazole rings is 1. The Balaban J connectivity index is 1.74. The van der Waals surface area contributed by atoms with Gasteiger partial charge in [-0.25, -0.2) is 15.0 Å². The molecule has 5 rings (SSSR count). The third-order valence-electron chi connectivity index (χ3n) is 5.33. The number of benzene rings is 2. The normalized spacial score (nSPS) is 12.8. The first-order valence-electron chi connectivity index (χ1n) is 9.96. The van der Waals surface area contributed by atoms with Crippen LogP contribution in [-0.4, -0.2) is 19.5 Å². The van der Waals surface area contributed by atoms with Crippen LogP contribution in [0.2, 0.25) is 0 Å². The zero-order chi connectivity index (χ0) is 23.2. The Hall–Kier alpha value is -2.99. The van der Waals surface area contributed by atoms with Gasteiger partial charge in [0.05, 0.1) is 16.9 Å². The van der Waals surface area contributed by atoms with E-state index in [9.17, 15) is 13.6 Å². The van der Waals surface area contributed by atoms with E-state index in [1.54, 1.807) is 48.0 Å². The van der Waals surface area contributed by atoms with Gasteiger partial charge in [-0.3, -0.25) is 9.36 Å². The number of halogens is 3. The molecule has 0 unspecified atom stereocenters. The van der Waals surface area contributed by atoms with E-state index in [1.807, 2.05) is 13.0 Å². The van der Waals surface area contributed by atoms with Gasteiger partial charge in [-0.05, 0) is 30.5 Å². The van der Waals surface area contributed by atoms with Crippen LogP contribution in [0, 0.1) is 0 Å². The lowest BCUT2D eigenvalue weighted by Crippen LogP contribution is -2.27. The van der Waals surface area contributed by atoms with Crippen molar-refractivity contribution in [3.63, 3.8) is 0 Å². The zero-order valence-corrected chi connectivity index (χ0v) is 20.1. The number of fused-ring (bicyclic) bond motifs is 2. The smallest absolute Gasteiger partial charge is 0.322 e. The number of aromatic nitrogens is 4. The number of para-hydroxylation sites is 1. The van der Waals surface area contributed by atoms with Crippen molar-refractivity contribution in [2.45, 2.75) is 16.9 Å². The van der Waals surface area contributed by atoms with Crippen molar-refractivity contribution < 1.29 is 8.78 Å². The molecule has 0 saturated heterocycles. The Labute approximate surface area is 204 Å². The summed E-state index contributed by atoms with van der Waals surface area (Å²) in [6, 6.07) is 14.9. The van der Waals surface area contributed by atoms with Crippen molar-refractivity contribution in [3.8, 4) is 5.69 Å². The van der Waals surface area contributed by atoms with E-state index in [0.717, 1.165) is 27.4 Å². The van der Waals surface area contributed by atoms with Crippen LogP contribution in [0.25, 0.3) is 26.8 Å². The van der Waals surface area contributed by atoms with E-state index in [4.69, 9.17) is 0 Å². The topological polar surface area (TPSA) is 72.7 Å². The second kappa shape index (κ2) is 8.41. The molecule has 0 saturated carbocycles. The summed E-state index contributed by atoms with van der Waals surface area (Å²) in [6.45, 7) is 1.89. The van der Waals surface area contributed by atoms with E-state index < -0.39 is 15.5 Å². The Morgan fingerprint density at radius 3 is 2.64 bits per heavy atom. The van der Waals surface area contributed by atoms with E-state index in [2.05, 4.69) is 20.3 Å². The number of pyridine rings is 1. The molecule has 3 aromatic heterocycles. The third kappa shape index (κ3) is 3.97. The highest BCUT2D eigenvalue weighted by atomic mass is 127. The standard InChI is InChI=1S/C23H16F2IN5OS/c1-13(30-20-19-21(28-11-27-20)33-12-29-19)17-10-14-6-5-9-16(23(24,25)26)18(14)22(32)31(17)15-7-3-2-4-8-15/h2-13H,1H3,(H,27,28,30)/t13-/m0/s1. The summed E-state index contributed by atoms with van der Waals surface area (Å²) < 4.78 is 27.0. The average molecular weight is 575 g/mol. The van der Waals surface area contributed by atoms with Gasteiger partial charge in [0.25, 0.3) is 5.56 Å². The summed E-state index contributed by atoms with van der Waals surface area (Å²) in [6.07, 6.45) is 1.45. The van der Waals surface area contributed by atoms with Gasteiger partial charge in [0.15, 0.2) is 5.82 Å². The molecule has 3 heterocycles. The van der Waals surface area contributed by atoms with E-state index >= 15 is 0 Å². The highest BCUT2D eigenvalue weighted by Crippen LogP contribution is 2.39. The predicted octanol–water partition coefficient (Wildman–Crippen LogP) is 6.05. The van der Waals surface area contributed by atoms with Crippen LogP contribution in [0.3, 0.4) is 0 Å². The maximum Gasteiger partial charge on any atom is 0.322 e. The average Bonchev–Trinajstić information content (AvgIpc) is 3.28. The largest absolute Gasteiger partial charge is 0.360 e. The van der Waals surface area contributed by atoms with Crippen LogP contribution in [0.1, 0.15) is 24.2 Å². The van der Waals surface area contributed by atoms with Gasteiger partial charge >= 0.3 is 3.93 Å². The summed E-state index contributed by atoms with van der Waals surface area (Å²) in [5.74, 6) is 0.536. The second-order valence-electron chi connectivity index (χ2n) is 7.41. The lowest BCUT2D eigenvalue weighted by Gasteiger charge is -2.22. The first kappa shape index (κ1) is 21.8. The van der Waals surface area contributed by atoms with Crippen molar-refractivity contribution >= 4 is 60.9 Å². The Morgan fingerprint density at radius 1 is 1.09 bits per heavy atom. The number of anilines is 1. The fraction of sp³-hybridized carbons (Fsp3) is 0.130. The van der Waals surface area contributed by atoms with Gasteiger partial charge in [-0.15, -0.1) is 11.3 Å². The van der Waals surface area contributed by atoms with Crippen LogP contribution in [0.15, 0.2) is 71.2 Å². The van der Waals surface area contributed by atoms with E-state index in [-0.39, 0.29) is 10.9 Å². The minimum Gasteiger partial charge on any atom is -0.360 e. The Morgan fingerprint density at radius 2 is 1.88 bits per heavy atom. The van der Waals surface area contributed by atoms with Gasteiger partial charge in [-0.1, -0.05) is 36.4 Å². The number of nitrogens with one attached hydrogen (secondary N) is 1. The highest BCUT2D eigenvalue weighted by molar-refractivity contribution is 14.1. The van der Waals surface area contributed by atoms with Crippen LogP contribution in [0.5, 0.6) is 0 Å². The number of alkyl halides is 3. The molecule has 166 valence electrons. The summed E-state index contributed by atoms with van der Waals surface area (Å²) in [7, 11) is 0. The van der Waals surface area contributed by atoms with E-state index in [0.29, 0.717) is 28.1 Å². The molecular weight excluding hydrogens is 559 g/mol. The number of hydrogen-bond acceptors (Lipinski definition) is 6. The second-order valence-corrected chi connectivity index (χ2v) is 9.60. The number of rotatable bonds is 5. The third-order valence-corrected chi connectivity index (χ3v) is 6.64. The first-order chi connectivity index (χ1) is 15.8. The lowest BCUT2D eigenvalue weighted by molar-refractivity contribution is 0.129. The molecule has 2 aromatic carbocycles. The van der Waals surface area contributed by atoms with Gasteiger partial charge in [0.2, 0.25) is 0 Å². The van der Waals surface area contributed by atoms with Gasteiger partial charge in [-0.2, -0.15) is 8.78 Å². The zero-order valence-electron chi connectivity index (χ0n) is 17.2. The number of nitrogens with zero attached hydrogens (tertiary/aromatic N) is 4. The molecule has 5 aromatic rings. The van der Waals surface area contributed by atoms with Gasteiger partial charge in [0.1, 0.15) is 16.7 Å². The van der Waals surface area contributed by atoms with Crippen LogP contribution in [0.4, 0.5) is 14.6 Å². The first-order valence-corrected chi connectivity index (χ1v) is 11.9. The molecule has 0 fully saturated rings. The number of hydrogen-bond donors (Lipinski definition) is 1. The molecule has 1 atom stereocenters. The molecule has 0 radical (unpaired) electrons. The molecule has 0 aliphatic rings. The molecule has 1 N–H and O–H groups in total. The van der Waals surface area contributed by atoms with Crippen molar-refractivity contribution in [2.75, 3.05) is 5.32 Å². The van der Waals surface area contributed by atoms with Crippen LogP contribution < -0.4 is 10.9 Å². The van der Waals surface area contributed by atoms with Crippen LogP contribution in [-0.2, 0) is 3.93 Å². The molecule has 10 heteroatoms. The van der Waals surface area contributed by atoms with Crippen molar-refractivity contribution in [1.82, 2.24) is 19.5 Å². The highest BCUT2D eigenvalue weighted by Gasteiger charge is 2.31. The van der Waals surface area contributed by atoms with Crippen LogP contribution >= 0.6 is 33.9 Å². The van der Waals surface area contributed by atoms with E-state index in [1.165, 1.54) is 28.3 Å². The molecule has 0 spiro atoms. The summed E-state index contributed by atoms with van der Waals surface area (Å²) in [5, 5.41) is 3.77. The lowest BCUT2D eigenvalue weighted by atomic mass is 10.0. The van der Waals surface area contributed by atoms with Crippen molar-refractivity contribution in [3.05, 3.63) is 88.0 Å². The molecule has 0 amide bonds. The SMILES string of the molecule is C[C@H](Nc1ncnc2scnc12)c1cc2cccc(C(F)(F)I)c2c(=O)n1-c1ccccc1. The molecule has 0 aliphatic carbocycles. The molecule has 6 nitrogen and oxygen atoms in total. The Bertz CT molecular complexity index is 1530. The monoisotopic (exact) mass is 575 g/mol.